The highest BCUT2D eigenvalue weighted by Gasteiger charge is 2.11. The molecule has 0 aliphatic rings. The molecule has 188 valence electrons. The molecule has 9 heteroatoms. The van der Waals surface area contributed by atoms with E-state index in [1.54, 1.807) is 6.20 Å². The fourth-order valence-corrected chi connectivity index (χ4v) is 3.86. The van der Waals surface area contributed by atoms with Gasteiger partial charge in [-0.1, -0.05) is 0 Å². The molecule has 0 fully saturated rings. The van der Waals surface area contributed by atoms with Gasteiger partial charge in [0.05, 0.1) is 19.2 Å². The van der Waals surface area contributed by atoms with E-state index in [-0.39, 0.29) is 5.97 Å². The summed E-state index contributed by atoms with van der Waals surface area (Å²) in [6.45, 7) is 2.67. The smallest absolute Gasteiger partial charge is 0.305 e. The van der Waals surface area contributed by atoms with Gasteiger partial charge in [0, 0.05) is 49.2 Å². The molecule has 0 atom stereocenters. The van der Waals surface area contributed by atoms with E-state index >= 15 is 0 Å². The first-order valence-electron chi connectivity index (χ1n) is 12.0. The van der Waals surface area contributed by atoms with E-state index in [1.165, 1.54) is 7.11 Å². The third-order valence-electron chi connectivity index (χ3n) is 6.12. The summed E-state index contributed by atoms with van der Waals surface area (Å²) in [7, 11) is 5.34. The van der Waals surface area contributed by atoms with E-state index in [2.05, 4.69) is 50.2 Å². The Morgan fingerprint density at radius 1 is 1.08 bits per heavy atom. The van der Waals surface area contributed by atoms with E-state index in [9.17, 15) is 4.79 Å². The van der Waals surface area contributed by atoms with Gasteiger partial charge in [0.2, 0.25) is 5.95 Å². The second kappa shape index (κ2) is 11.5. The van der Waals surface area contributed by atoms with E-state index in [0.29, 0.717) is 19.0 Å². The number of nitrogens with zero attached hydrogens (tertiary/aromatic N) is 5. The van der Waals surface area contributed by atoms with E-state index < -0.39 is 0 Å². The molecule has 0 spiro atoms. The Morgan fingerprint density at radius 3 is 2.67 bits per heavy atom. The summed E-state index contributed by atoms with van der Waals surface area (Å²) >= 11 is 0. The van der Waals surface area contributed by atoms with Crippen LogP contribution in [-0.4, -0.2) is 46.5 Å². The zero-order chi connectivity index (χ0) is 25.5. The number of esters is 1. The highest BCUT2D eigenvalue weighted by molar-refractivity contribution is 5.85. The van der Waals surface area contributed by atoms with Gasteiger partial charge in [0.15, 0.2) is 0 Å². The van der Waals surface area contributed by atoms with Crippen molar-refractivity contribution in [2.75, 3.05) is 31.0 Å². The molecule has 0 bridgehead atoms. The van der Waals surface area contributed by atoms with E-state index in [1.807, 2.05) is 54.0 Å². The van der Waals surface area contributed by atoms with Gasteiger partial charge >= 0.3 is 5.97 Å². The maximum Gasteiger partial charge on any atom is 0.305 e. The minimum atomic E-state index is -0.166. The van der Waals surface area contributed by atoms with Crippen LogP contribution in [0.2, 0.25) is 0 Å². The van der Waals surface area contributed by atoms with Crippen LogP contribution in [0.3, 0.4) is 0 Å². The fourth-order valence-electron chi connectivity index (χ4n) is 3.86. The van der Waals surface area contributed by atoms with Crippen molar-refractivity contribution in [1.82, 2.24) is 19.7 Å². The molecule has 0 unspecified atom stereocenters. The SMILES string of the molecule is COC(=O)CCCCCOc1ccc(Nc2nccc(N(C)c3ccc4c(C)n(C)nc4c3)n2)cc1. The number of hydrogen-bond acceptors (Lipinski definition) is 8. The lowest BCUT2D eigenvalue weighted by Crippen LogP contribution is -2.12. The highest BCUT2D eigenvalue weighted by atomic mass is 16.5. The average Bonchev–Trinajstić information content (AvgIpc) is 3.19. The normalized spacial score (nSPS) is 10.9. The van der Waals surface area contributed by atoms with Gasteiger partial charge in [-0.2, -0.15) is 10.1 Å². The van der Waals surface area contributed by atoms with Crippen molar-refractivity contribution in [3.8, 4) is 5.75 Å². The Morgan fingerprint density at radius 2 is 1.89 bits per heavy atom. The van der Waals surface area contributed by atoms with Gasteiger partial charge in [0.1, 0.15) is 11.6 Å². The number of aromatic nitrogens is 4. The summed E-state index contributed by atoms with van der Waals surface area (Å²) in [6.07, 6.45) is 4.81. The Balaban J connectivity index is 1.32. The van der Waals surface area contributed by atoms with Gasteiger partial charge in [-0.15, -0.1) is 0 Å². The lowest BCUT2D eigenvalue weighted by atomic mass is 10.2. The monoisotopic (exact) mass is 488 g/mol. The van der Waals surface area contributed by atoms with Crippen LogP contribution in [0.4, 0.5) is 23.1 Å². The molecule has 1 N–H and O–H groups in total. The molecule has 9 nitrogen and oxygen atoms in total. The number of anilines is 4. The first-order chi connectivity index (χ1) is 17.4. The Labute approximate surface area is 211 Å². The molecule has 4 aromatic rings. The number of hydrogen-bond donors (Lipinski definition) is 1. The van der Waals surface area contributed by atoms with Crippen LogP contribution in [-0.2, 0) is 16.6 Å². The molecule has 2 aromatic heterocycles. The van der Waals surface area contributed by atoms with Crippen molar-refractivity contribution >= 4 is 40.0 Å². The average molecular weight is 489 g/mol. The van der Waals surface area contributed by atoms with E-state index in [4.69, 9.17) is 4.74 Å². The summed E-state index contributed by atoms with van der Waals surface area (Å²) in [6, 6.07) is 15.8. The summed E-state index contributed by atoms with van der Waals surface area (Å²) < 4.78 is 12.3. The summed E-state index contributed by atoms with van der Waals surface area (Å²) in [5, 5.41) is 8.99. The van der Waals surface area contributed by atoms with Crippen LogP contribution in [0.5, 0.6) is 5.75 Å². The number of rotatable bonds is 11. The number of aryl methyl sites for hydroxylation is 2. The largest absolute Gasteiger partial charge is 0.494 e. The van der Waals surface area contributed by atoms with Crippen molar-refractivity contribution < 1.29 is 14.3 Å². The molecule has 0 aliphatic heterocycles. The number of fused-ring (bicyclic) bond motifs is 1. The lowest BCUT2D eigenvalue weighted by molar-refractivity contribution is -0.140. The number of methoxy groups -OCH3 is 1. The standard InChI is InChI=1S/C27H32N6O3/c1-19-23-14-11-21(18-24(23)31-33(19)3)32(2)25-15-16-28-27(30-25)29-20-9-12-22(13-10-20)36-17-7-5-6-8-26(34)35-4/h9-16,18H,5-8,17H2,1-4H3,(H,28,29,30). The molecule has 0 amide bonds. The maximum atomic E-state index is 11.1. The van der Waals surface area contributed by atoms with Gasteiger partial charge in [-0.05, 0) is 74.7 Å². The molecule has 0 radical (unpaired) electrons. The third kappa shape index (κ3) is 6.10. The minimum Gasteiger partial charge on any atom is -0.494 e. The Hall–Kier alpha value is -4.14. The Kier molecular flexibility index (Phi) is 7.99. The van der Waals surface area contributed by atoms with Gasteiger partial charge in [-0.3, -0.25) is 9.48 Å². The Bertz CT molecular complexity index is 1320. The van der Waals surface area contributed by atoms with Gasteiger partial charge in [-0.25, -0.2) is 4.98 Å². The number of unbranched alkanes of at least 4 members (excludes halogenated alkanes) is 2. The van der Waals surface area contributed by atoms with Crippen LogP contribution < -0.4 is 15.0 Å². The zero-order valence-corrected chi connectivity index (χ0v) is 21.2. The molecule has 4 rings (SSSR count). The van der Waals surface area contributed by atoms with Gasteiger partial charge in [0.25, 0.3) is 0 Å². The molecule has 0 saturated carbocycles. The molecule has 0 saturated heterocycles. The van der Waals surface area contributed by atoms with Crippen LogP contribution in [0.1, 0.15) is 31.4 Å². The van der Waals surface area contributed by atoms with Crippen molar-refractivity contribution in [3.63, 3.8) is 0 Å². The minimum absolute atomic E-state index is 0.166. The topological polar surface area (TPSA) is 94.4 Å². The quantitative estimate of drug-likeness (QED) is 0.225. The third-order valence-corrected chi connectivity index (χ3v) is 6.12. The van der Waals surface area contributed by atoms with Crippen molar-refractivity contribution in [3.05, 3.63) is 60.4 Å². The predicted octanol–water partition coefficient (Wildman–Crippen LogP) is 5.30. The molecule has 2 heterocycles. The summed E-state index contributed by atoms with van der Waals surface area (Å²) in [5.41, 5.74) is 3.96. The second-order valence-electron chi connectivity index (χ2n) is 8.59. The lowest BCUT2D eigenvalue weighted by Gasteiger charge is -2.19. The molecule has 2 aromatic carbocycles. The first kappa shape index (κ1) is 25.0. The number of carbonyl (C=O) groups is 1. The molecule has 0 aliphatic carbocycles. The van der Waals surface area contributed by atoms with Gasteiger partial charge < -0.3 is 19.7 Å². The van der Waals surface area contributed by atoms with Crippen LogP contribution in [0.25, 0.3) is 10.9 Å². The molecular formula is C27H32N6O3. The number of benzene rings is 2. The predicted molar refractivity (Wildman–Crippen MR) is 141 cm³/mol. The van der Waals surface area contributed by atoms with Crippen molar-refractivity contribution in [2.45, 2.75) is 32.6 Å². The van der Waals surface area contributed by atoms with Crippen molar-refractivity contribution in [2.24, 2.45) is 7.05 Å². The highest BCUT2D eigenvalue weighted by Crippen LogP contribution is 2.28. The first-order valence-corrected chi connectivity index (χ1v) is 12.0. The van der Waals surface area contributed by atoms with Crippen LogP contribution >= 0.6 is 0 Å². The number of nitrogens with one attached hydrogen (secondary N) is 1. The summed E-state index contributed by atoms with van der Waals surface area (Å²) in [5.74, 6) is 1.91. The molecule has 36 heavy (non-hydrogen) atoms. The zero-order valence-electron chi connectivity index (χ0n) is 21.2. The molecular weight excluding hydrogens is 456 g/mol. The maximum absolute atomic E-state index is 11.1. The van der Waals surface area contributed by atoms with Crippen LogP contribution in [0, 0.1) is 6.92 Å². The van der Waals surface area contributed by atoms with Crippen LogP contribution in [0.15, 0.2) is 54.7 Å². The number of carbonyl (C=O) groups excluding carboxylic acids is 1. The number of ether oxygens (including phenoxy) is 2. The van der Waals surface area contributed by atoms with E-state index in [0.717, 1.165) is 58.8 Å². The fraction of sp³-hybridized carbons (Fsp3) is 0.333. The van der Waals surface area contributed by atoms with Crippen molar-refractivity contribution in [1.29, 1.82) is 0 Å². The summed E-state index contributed by atoms with van der Waals surface area (Å²) in [4.78, 5) is 22.2. The second-order valence-corrected chi connectivity index (χ2v) is 8.59.